The zero-order chi connectivity index (χ0) is 15.2. The van der Waals surface area contributed by atoms with E-state index in [0.29, 0.717) is 23.6 Å². The van der Waals surface area contributed by atoms with E-state index in [1.54, 1.807) is 4.90 Å². The third-order valence-corrected chi connectivity index (χ3v) is 3.89. The number of aliphatic hydroxyl groups excluding tert-OH is 1. The number of carbonyl (C=O) groups is 1. The molecule has 1 saturated carbocycles. The molecule has 0 saturated heterocycles. The molecule has 112 valence electrons. The molecule has 1 fully saturated rings. The van der Waals surface area contributed by atoms with E-state index in [1.165, 1.54) is 37.5 Å². The standard InChI is InChI=1S/C17H20FNO2/c1-2-19(12-13-5-3-6-13)17(21)16-9-8-15(18)11-14(16)7-4-10-20/h8-9,11,13,20H,2-3,5-6,10,12H2,1H3. The van der Waals surface area contributed by atoms with Gasteiger partial charge in [0.1, 0.15) is 12.4 Å². The maximum absolute atomic E-state index is 13.3. The van der Waals surface area contributed by atoms with Crippen molar-refractivity contribution >= 4 is 5.91 Å². The van der Waals surface area contributed by atoms with Gasteiger partial charge >= 0.3 is 0 Å². The summed E-state index contributed by atoms with van der Waals surface area (Å²) in [7, 11) is 0. The van der Waals surface area contributed by atoms with Crippen molar-refractivity contribution < 1.29 is 14.3 Å². The lowest BCUT2D eigenvalue weighted by molar-refractivity contribution is 0.0706. The summed E-state index contributed by atoms with van der Waals surface area (Å²) in [5.41, 5.74) is 0.736. The smallest absolute Gasteiger partial charge is 0.255 e. The summed E-state index contributed by atoms with van der Waals surface area (Å²) < 4.78 is 13.3. The molecule has 0 aliphatic heterocycles. The molecule has 1 aliphatic carbocycles. The van der Waals surface area contributed by atoms with Gasteiger partial charge in [-0.2, -0.15) is 0 Å². The van der Waals surface area contributed by atoms with Gasteiger partial charge in [-0.05, 0) is 43.9 Å². The molecule has 3 nitrogen and oxygen atoms in total. The fraction of sp³-hybridized carbons (Fsp3) is 0.471. The highest BCUT2D eigenvalue weighted by Gasteiger charge is 2.24. The highest BCUT2D eigenvalue weighted by atomic mass is 19.1. The molecule has 0 radical (unpaired) electrons. The third kappa shape index (κ3) is 3.83. The highest BCUT2D eigenvalue weighted by Crippen LogP contribution is 2.27. The van der Waals surface area contributed by atoms with Crippen molar-refractivity contribution in [2.45, 2.75) is 26.2 Å². The number of rotatable bonds is 4. The molecule has 1 N–H and O–H groups in total. The average Bonchev–Trinajstić information content (AvgIpc) is 2.43. The van der Waals surface area contributed by atoms with Gasteiger partial charge in [0, 0.05) is 18.7 Å². The molecule has 1 aromatic carbocycles. The lowest BCUT2D eigenvalue weighted by Gasteiger charge is -2.32. The van der Waals surface area contributed by atoms with E-state index in [-0.39, 0.29) is 12.5 Å². The Morgan fingerprint density at radius 3 is 2.81 bits per heavy atom. The first-order chi connectivity index (χ1) is 10.2. The van der Waals surface area contributed by atoms with Gasteiger partial charge < -0.3 is 10.0 Å². The van der Waals surface area contributed by atoms with Crippen molar-refractivity contribution in [1.82, 2.24) is 4.90 Å². The normalized spacial score (nSPS) is 14.0. The van der Waals surface area contributed by atoms with Gasteiger partial charge in [0.05, 0.1) is 5.56 Å². The largest absolute Gasteiger partial charge is 0.384 e. The molecule has 21 heavy (non-hydrogen) atoms. The Kier molecular flexibility index (Phi) is 5.35. The maximum atomic E-state index is 13.3. The first-order valence-corrected chi connectivity index (χ1v) is 7.34. The van der Waals surface area contributed by atoms with Crippen LogP contribution in [0, 0.1) is 23.6 Å². The summed E-state index contributed by atoms with van der Waals surface area (Å²) in [5, 5.41) is 8.78. The van der Waals surface area contributed by atoms with Gasteiger partial charge in [0.25, 0.3) is 5.91 Å². The predicted octanol–water partition coefficient (Wildman–Crippen LogP) is 2.43. The molecular formula is C17H20FNO2. The lowest BCUT2D eigenvalue weighted by Crippen LogP contribution is -2.37. The first kappa shape index (κ1) is 15.5. The Bertz CT molecular complexity index is 570. The first-order valence-electron chi connectivity index (χ1n) is 7.34. The van der Waals surface area contributed by atoms with E-state index < -0.39 is 5.82 Å². The maximum Gasteiger partial charge on any atom is 0.255 e. The van der Waals surface area contributed by atoms with Gasteiger partial charge in [-0.3, -0.25) is 4.79 Å². The van der Waals surface area contributed by atoms with Crippen molar-refractivity contribution in [2.24, 2.45) is 5.92 Å². The van der Waals surface area contributed by atoms with E-state index in [9.17, 15) is 9.18 Å². The van der Waals surface area contributed by atoms with Crippen molar-refractivity contribution in [2.75, 3.05) is 19.7 Å². The molecule has 0 atom stereocenters. The highest BCUT2D eigenvalue weighted by molar-refractivity contribution is 5.96. The Balaban J connectivity index is 2.23. The number of nitrogens with zero attached hydrogens (tertiary/aromatic N) is 1. The van der Waals surface area contributed by atoms with Gasteiger partial charge in [0.2, 0.25) is 0 Å². The monoisotopic (exact) mass is 289 g/mol. The second-order valence-electron chi connectivity index (χ2n) is 5.29. The molecular weight excluding hydrogens is 269 g/mol. The van der Waals surface area contributed by atoms with Crippen LogP contribution in [0.25, 0.3) is 0 Å². The number of halogens is 1. The van der Waals surface area contributed by atoms with Gasteiger partial charge in [0.15, 0.2) is 0 Å². The molecule has 0 aromatic heterocycles. The third-order valence-electron chi connectivity index (χ3n) is 3.89. The zero-order valence-corrected chi connectivity index (χ0v) is 12.2. The number of hydrogen-bond acceptors (Lipinski definition) is 2. The Morgan fingerprint density at radius 2 is 2.24 bits per heavy atom. The molecule has 0 bridgehead atoms. The van der Waals surface area contributed by atoms with Crippen LogP contribution in [0.3, 0.4) is 0 Å². The molecule has 0 spiro atoms. The van der Waals surface area contributed by atoms with Gasteiger partial charge in [-0.15, -0.1) is 0 Å². The zero-order valence-electron chi connectivity index (χ0n) is 12.2. The summed E-state index contributed by atoms with van der Waals surface area (Å²) in [6.45, 7) is 3.00. The second-order valence-corrected chi connectivity index (χ2v) is 5.29. The van der Waals surface area contributed by atoms with Crippen molar-refractivity contribution in [3.05, 3.63) is 35.1 Å². The molecule has 2 rings (SSSR count). The molecule has 0 heterocycles. The van der Waals surface area contributed by atoms with Gasteiger partial charge in [-0.1, -0.05) is 18.3 Å². The summed E-state index contributed by atoms with van der Waals surface area (Å²) >= 11 is 0. The van der Waals surface area contributed by atoms with Crippen LogP contribution in [0.15, 0.2) is 18.2 Å². The second kappa shape index (κ2) is 7.24. The minimum Gasteiger partial charge on any atom is -0.384 e. The molecule has 4 heteroatoms. The summed E-state index contributed by atoms with van der Waals surface area (Å²) in [5.74, 6) is 5.16. The van der Waals surface area contributed by atoms with Crippen molar-refractivity contribution in [3.8, 4) is 11.8 Å². The number of carbonyl (C=O) groups excluding carboxylic acids is 1. The summed E-state index contributed by atoms with van der Waals surface area (Å²) in [6, 6.07) is 3.99. The summed E-state index contributed by atoms with van der Waals surface area (Å²) in [6.07, 6.45) is 3.58. The molecule has 1 amide bonds. The number of amides is 1. The van der Waals surface area contributed by atoms with E-state index in [2.05, 4.69) is 11.8 Å². The SMILES string of the molecule is CCN(CC1CCC1)C(=O)c1ccc(F)cc1C#CCO. The Labute approximate surface area is 124 Å². The van der Waals surface area contributed by atoms with Gasteiger partial charge in [-0.25, -0.2) is 4.39 Å². The fourth-order valence-corrected chi connectivity index (χ4v) is 2.45. The van der Waals surface area contributed by atoms with Crippen LogP contribution in [0.4, 0.5) is 4.39 Å². The van der Waals surface area contributed by atoms with Crippen LogP contribution in [0.1, 0.15) is 42.1 Å². The quantitative estimate of drug-likeness (QED) is 0.865. The predicted molar refractivity (Wildman–Crippen MR) is 79.3 cm³/mol. The average molecular weight is 289 g/mol. The van der Waals surface area contributed by atoms with Crippen molar-refractivity contribution in [3.63, 3.8) is 0 Å². The molecule has 1 aromatic rings. The molecule has 1 aliphatic rings. The lowest BCUT2D eigenvalue weighted by atomic mass is 9.85. The van der Waals surface area contributed by atoms with E-state index in [4.69, 9.17) is 5.11 Å². The number of benzene rings is 1. The van der Waals surface area contributed by atoms with Crippen molar-refractivity contribution in [1.29, 1.82) is 0 Å². The molecule has 0 unspecified atom stereocenters. The van der Waals surface area contributed by atoms with E-state index in [0.717, 1.165) is 6.54 Å². The topological polar surface area (TPSA) is 40.5 Å². The van der Waals surface area contributed by atoms with Crippen LogP contribution in [0.5, 0.6) is 0 Å². The summed E-state index contributed by atoms with van der Waals surface area (Å²) in [4.78, 5) is 14.4. The van der Waals surface area contributed by atoms with Crippen LogP contribution >= 0.6 is 0 Å². The Morgan fingerprint density at radius 1 is 1.48 bits per heavy atom. The number of aliphatic hydroxyl groups is 1. The van der Waals surface area contributed by atoms with Crippen LogP contribution < -0.4 is 0 Å². The van der Waals surface area contributed by atoms with E-state index in [1.807, 2.05) is 6.92 Å². The van der Waals surface area contributed by atoms with Crippen LogP contribution in [-0.2, 0) is 0 Å². The fourth-order valence-electron chi connectivity index (χ4n) is 2.45. The van der Waals surface area contributed by atoms with Crippen LogP contribution in [0.2, 0.25) is 0 Å². The number of hydrogen-bond donors (Lipinski definition) is 1. The minimum absolute atomic E-state index is 0.119. The Hall–Kier alpha value is -1.86. The van der Waals surface area contributed by atoms with E-state index >= 15 is 0 Å². The minimum atomic E-state index is -0.434. The van der Waals surface area contributed by atoms with Crippen LogP contribution in [-0.4, -0.2) is 35.6 Å².